The number of anilines is 1. The van der Waals surface area contributed by atoms with Crippen molar-refractivity contribution in [2.45, 2.75) is 27.7 Å². The first-order valence-corrected chi connectivity index (χ1v) is 8.08. The van der Waals surface area contributed by atoms with E-state index in [0.29, 0.717) is 12.2 Å². The lowest BCUT2D eigenvalue weighted by Crippen LogP contribution is -2.26. The van der Waals surface area contributed by atoms with Gasteiger partial charge in [-0.1, -0.05) is 32.6 Å². The van der Waals surface area contributed by atoms with Crippen LogP contribution in [0.4, 0.5) is 5.69 Å². The first-order chi connectivity index (χ1) is 9.13. The minimum atomic E-state index is -3.35. The molecule has 5 heteroatoms. The van der Waals surface area contributed by atoms with Gasteiger partial charge in [0.25, 0.3) is 0 Å². The van der Waals surface area contributed by atoms with Gasteiger partial charge in [-0.15, -0.1) is 0 Å². The maximum Gasteiger partial charge on any atom is 0.233 e. The number of nitrogens with one attached hydrogen (secondary N) is 1. The zero-order valence-corrected chi connectivity index (χ0v) is 13.3. The monoisotopic (exact) mass is 294 g/mol. The predicted octanol–water partition coefficient (Wildman–Crippen LogP) is 2.09. The maximum absolute atomic E-state index is 12.1. The van der Waals surface area contributed by atoms with E-state index in [1.54, 1.807) is 12.1 Å². The molecule has 0 aliphatic carbocycles. The van der Waals surface area contributed by atoms with Crippen LogP contribution in [0, 0.1) is 24.2 Å². The van der Waals surface area contributed by atoms with Crippen LogP contribution in [0.3, 0.4) is 0 Å². The summed E-state index contributed by atoms with van der Waals surface area (Å²) >= 11 is 0. The largest absolute Gasteiger partial charge is 0.320 e. The van der Waals surface area contributed by atoms with Gasteiger partial charge >= 0.3 is 0 Å². The van der Waals surface area contributed by atoms with Gasteiger partial charge in [0, 0.05) is 5.56 Å². The molecule has 1 aromatic carbocycles. The third-order valence-electron chi connectivity index (χ3n) is 2.45. The van der Waals surface area contributed by atoms with Gasteiger partial charge in [-0.25, -0.2) is 8.42 Å². The van der Waals surface area contributed by atoms with Gasteiger partial charge in [-0.05, 0) is 36.1 Å². The van der Waals surface area contributed by atoms with Gasteiger partial charge in [0.05, 0.1) is 18.0 Å². The Kier molecular flexibility index (Phi) is 5.21. The van der Waals surface area contributed by atoms with Crippen molar-refractivity contribution in [3.05, 3.63) is 29.3 Å². The second-order valence-corrected chi connectivity index (χ2v) is 7.68. The lowest BCUT2D eigenvalue weighted by Gasteiger charge is -2.19. The van der Waals surface area contributed by atoms with Gasteiger partial charge in [0.15, 0.2) is 0 Å². The molecule has 0 amide bonds. The summed E-state index contributed by atoms with van der Waals surface area (Å²) in [6.07, 6.45) is 0. The van der Waals surface area contributed by atoms with Crippen molar-refractivity contribution in [2.75, 3.05) is 17.0 Å². The fraction of sp³-hybridized carbons (Fsp3) is 0.467. The molecular weight excluding hydrogens is 272 g/mol. The number of hydrogen-bond donors (Lipinski definition) is 2. The van der Waals surface area contributed by atoms with Crippen LogP contribution in [0.25, 0.3) is 0 Å². The van der Waals surface area contributed by atoms with Crippen molar-refractivity contribution in [1.82, 2.24) is 0 Å². The van der Waals surface area contributed by atoms with Crippen LogP contribution in [-0.2, 0) is 10.0 Å². The highest BCUT2D eigenvalue weighted by Crippen LogP contribution is 2.21. The van der Waals surface area contributed by atoms with E-state index in [2.05, 4.69) is 16.6 Å². The number of nitrogens with two attached hydrogens (primary N) is 1. The summed E-state index contributed by atoms with van der Waals surface area (Å²) in [4.78, 5) is 0. The summed E-state index contributed by atoms with van der Waals surface area (Å²) in [6, 6.07) is 5.36. The van der Waals surface area contributed by atoms with E-state index in [1.165, 1.54) is 0 Å². The Labute approximate surface area is 121 Å². The van der Waals surface area contributed by atoms with E-state index in [0.717, 1.165) is 11.1 Å². The van der Waals surface area contributed by atoms with Gasteiger partial charge in [0.1, 0.15) is 0 Å². The third kappa shape index (κ3) is 5.64. The second-order valence-electron chi connectivity index (χ2n) is 5.96. The Morgan fingerprint density at radius 3 is 2.45 bits per heavy atom. The fourth-order valence-corrected chi connectivity index (χ4v) is 3.56. The number of hydrogen-bond acceptors (Lipinski definition) is 3. The first-order valence-electron chi connectivity index (χ1n) is 6.43. The highest BCUT2D eigenvalue weighted by Gasteiger charge is 2.21. The normalized spacial score (nSPS) is 11.7. The number of rotatable bonds is 3. The van der Waals surface area contributed by atoms with E-state index < -0.39 is 10.0 Å². The van der Waals surface area contributed by atoms with Crippen molar-refractivity contribution in [2.24, 2.45) is 11.1 Å². The van der Waals surface area contributed by atoms with E-state index in [1.807, 2.05) is 33.8 Å². The van der Waals surface area contributed by atoms with Gasteiger partial charge < -0.3 is 5.73 Å². The Morgan fingerprint density at radius 2 is 1.95 bits per heavy atom. The molecule has 0 saturated carbocycles. The van der Waals surface area contributed by atoms with Gasteiger partial charge in [0.2, 0.25) is 10.0 Å². The van der Waals surface area contributed by atoms with Crippen LogP contribution >= 0.6 is 0 Å². The lowest BCUT2D eigenvalue weighted by atomic mass is 10.0. The van der Waals surface area contributed by atoms with E-state index in [9.17, 15) is 8.42 Å². The molecule has 0 aliphatic heterocycles. The Balaban J connectivity index is 2.94. The molecule has 0 atom stereocenters. The molecule has 20 heavy (non-hydrogen) atoms. The van der Waals surface area contributed by atoms with E-state index in [4.69, 9.17) is 5.73 Å². The number of sulfonamides is 1. The minimum Gasteiger partial charge on any atom is -0.320 e. The SMILES string of the molecule is Cc1cc(C#CCN)ccc1NS(=O)(=O)CC(C)(C)C. The maximum atomic E-state index is 12.1. The van der Waals surface area contributed by atoms with Crippen molar-refractivity contribution in [3.63, 3.8) is 0 Å². The molecule has 4 nitrogen and oxygen atoms in total. The van der Waals surface area contributed by atoms with Crippen LogP contribution in [0.1, 0.15) is 31.9 Å². The summed E-state index contributed by atoms with van der Waals surface area (Å²) in [6.45, 7) is 7.83. The predicted molar refractivity (Wildman–Crippen MR) is 84.0 cm³/mol. The third-order valence-corrected chi connectivity index (χ3v) is 4.23. The lowest BCUT2D eigenvalue weighted by molar-refractivity contribution is 0.463. The molecule has 3 N–H and O–H groups in total. The molecule has 0 aliphatic rings. The molecule has 0 spiro atoms. The molecule has 0 radical (unpaired) electrons. The molecule has 0 aromatic heterocycles. The van der Waals surface area contributed by atoms with Crippen molar-refractivity contribution < 1.29 is 8.42 Å². The highest BCUT2D eigenvalue weighted by molar-refractivity contribution is 7.92. The van der Waals surface area contributed by atoms with Crippen LogP contribution in [0.15, 0.2) is 18.2 Å². The van der Waals surface area contributed by atoms with Crippen LogP contribution in [0.2, 0.25) is 0 Å². The van der Waals surface area contributed by atoms with Crippen LogP contribution < -0.4 is 10.5 Å². The topological polar surface area (TPSA) is 72.2 Å². The van der Waals surface area contributed by atoms with Crippen molar-refractivity contribution in [1.29, 1.82) is 0 Å². The van der Waals surface area contributed by atoms with Crippen molar-refractivity contribution >= 4 is 15.7 Å². The standard InChI is InChI=1S/C15H22N2O2S/c1-12-10-13(6-5-9-16)7-8-14(12)17-20(18,19)11-15(2,3)4/h7-8,10,17H,9,11,16H2,1-4H3. The summed E-state index contributed by atoms with van der Waals surface area (Å²) in [7, 11) is -3.35. The van der Waals surface area contributed by atoms with Crippen LogP contribution in [0.5, 0.6) is 0 Å². The molecule has 0 bridgehead atoms. The quantitative estimate of drug-likeness (QED) is 0.839. The zero-order chi connectivity index (χ0) is 15.4. The smallest absolute Gasteiger partial charge is 0.233 e. The molecule has 110 valence electrons. The summed E-state index contributed by atoms with van der Waals surface area (Å²) in [5.41, 5.74) is 7.29. The fourth-order valence-electron chi connectivity index (χ4n) is 1.78. The molecule has 0 heterocycles. The average molecular weight is 294 g/mol. The second kappa shape index (κ2) is 6.29. The Hall–Kier alpha value is -1.51. The molecule has 0 fully saturated rings. The zero-order valence-electron chi connectivity index (χ0n) is 12.4. The van der Waals surface area contributed by atoms with E-state index in [-0.39, 0.29) is 11.2 Å². The van der Waals surface area contributed by atoms with Crippen LogP contribution in [-0.4, -0.2) is 20.7 Å². The minimum absolute atomic E-state index is 0.0776. The molecule has 1 rings (SSSR count). The molecule has 0 unspecified atom stereocenters. The Bertz CT molecular complexity index is 632. The Morgan fingerprint density at radius 1 is 1.30 bits per heavy atom. The van der Waals surface area contributed by atoms with Crippen molar-refractivity contribution in [3.8, 4) is 11.8 Å². The molecular formula is C15H22N2O2S. The average Bonchev–Trinajstić information content (AvgIpc) is 2.26. The number of benzene rings is 1. The molecule has 1 aromatic rings. The summed E-state index contributed by atoms with van der Waals surface area (Å²) in [5, 5.41) is 0. The number of aryl methyl sites for hydroxylation is 1. The van der Waals surface area contributed by atoms with E-state index >= 15 is 0 Å². The summed E-state index contributed by atoms with van der Waals surface area (Å²) in [5.74, 6) is 5.77. The first kappa shape index (κ1) is 16.5. The highest BCUT2D eigenvalue weighted by atomic mass is 32.2. The van der Waals surface area contributed by atoms with Gasteiger partial charge in [-0.2, -0.15) is 0 Å². The molecule has 0 saturated heterocycles. The van der Waals surface area contributed by atoms with Gasteiger partial charge in [-0.3, -0.25) is 4.72 Å². The summed E-state index contributed by atoms with van der Waals surface area (Å²) < 4.78 is 26.8.